The highest BCUT2D eigenvalue weighted by molar-refractivity contribution is 7.90. The molecular weight excluding hydrogens is 435 g/mol. The monoisotopic (exact) mass is 461 g/mol. The molecule has 0 spiro atoms. The summed E-state index contributed by atoms with van der Waals surface area (Å²) in [5.74, 6) is 0.403. The average Bonchev–Trinajstić information content (AvgIpc) is 3.14. The van der Waals surface area contributed by atoms with Crippen LogP contribution in [0.2, 0.25) is 0 Å². The zero-order valence-corrected chi connectivity index (χ0v) is 18.3. The first kappa shape index (κ1) is 23.5. The summed E-state index contributed by atoms with van der Waals surface area (Å²) in [6.45, 7) is 5.40. The standard InChI is InChI=1S/C19H26F3N5O3S/c1-18(2,3)31(28,29)24-10-12-4-7-14(8-5-12)25-17-26-16(27-30-17)13-6-9-15(23-11-13)19(20,21)22/h6,9,11-12,14,24H,4-5,7-8,10H2,1-3H3,(H,25,26,27)/t12-,14-. The molecule has 31 heavy (non-hydrogen) atoms. The molecule has 0 unspecified atom stereocenters. The molecule has 172 valence electrons. The highest BCUT2D eigenvalue weighted by Crippen LogP contribution is 2.29. The number of halogens is 3. The average molecular weight is 462 g/mol. The highest BCUT2D eigenvalue weighted by atomic mass is 32.2. The minimum atomic E-state index is -4.51. The molecule has 0 aliphatic heterocycles. The van der Waals surface area contributed by atoms with Crippen LogP contribution in [0.3, 0.4) is 0 Å². The van der Waals surface area contributed by atoms with Crippen LogP contribution in [0, 0.1) is 5.92 Å². The zero-order chi connectivity index (χ0) is 22.9. The molecule has 8 nitrogen and oxygen atoms in total. The summed E-state index contributed by atoms with van der Waals surface area (Å²) in [5, 5.41) is 6.94. The SMILES string of the molecule is CC(C)(C)S(=O)(=O)NC[C@H]1CC[C@H](Nc2nc(-c3ccc(C(F)(F)F)nc3)no2)CC1. The number of nitrogens with one attached hydrogen (secondary N) is 2. The van der Waals surface area contributed by atoms with Gasteiger partial charge in [-0.25, -0.2) is 13.1 Å². The third-order valence-electron chi connectivity index (χ3n) is 5.28. The van der Waals surface area contributed by atoms with E-state index < -0.39 is 26.6 Å². The molecule has 1 aliphatic rings. The van der Waals surface area contributed by atoms with Gasteiger partial charge in [-0.2, -0.15) is 18.2 Å². The molecule has 1 saturated carbocycles. The Labute approximate surface area is 179 Å². The van der Waals surface area contributed by atoms with E-state index in [1.165, 1.54) is 6.07 Å². The van der Waals surface area contributed by atoms with Crippen LogP contribution >= 0.6 is 0 Å². The summed E-state index contributed by atoms with van der Waals surface area (Å²) in [6.07, 6.45) is -0.152. The first-order valence-corrected chi connectivity index (χ1v) is 11.5. The predicted molar refractivity (Wildman–Crippen MR) is 109 cm³/mol. The van der Waals surface area contributed by atoms with Crippen molar-refractivity contribution in [3.63, 3.8) is 0 Å². The molecule has 0 radical (unpaired) electrons. The molecule has 2 N–H and O–H groups in total. The molecular formula is C19H26F3N5O3S. The van der Waals surface area contributed by atoms with Gasteiger partial charge in [0, 0.05) is 24.3 Å². The van der Waals surface area contributed by atoms with Crippen molar-refractivity contribution in [1.29, 1.82) is 0 Å². The van der Waals surface area contributed by atoms with Crippen molar-refractivity contribution in [2.75, 3.05) is 11.9 Å². The molecule has 2 aromatic heterocycles. The highest BCUT2D eigenvalue weighted by Gasteiger charge is 2.32. The fourth-order valence-electron chi connectivity index (χ4n) is 3.22. The molecule has 3 rings (SSSR count). The van der Waals surface area contributed by atoms with Crippen LogP contribution in [-0.4, -0.2) is 40.9 Å². The molecule has 0 amide bonds. The van der Waals surface area contributed by atoms with Crippen LogP contribution in [-0.2, 0) is 16.2 Å². The number of pyridine rings is 1. The van der Waals surface area contributed by atoms with Gasteiger partial charge in [-0.15, -0.1) is 0 Å². The van der Waals surface area contributed by atoms with E-state index >= 15 is 0 Å². The Bertz CT molecular complexity index is 976. The minimum absolute atomic E-state index is 0.0921. The van der Waals surface area contributed by atoms with Gasteiger partial charge in [0.25, 0.3) is 0 Å². The van der Waals surface area contributed by atoms with Gasteiger partial charge in [-0.1, -0.05) is 5.16 Å². The Morgan fingerprint density at radius 3 is 2.35 bits per heavy atom. The van der Waals surface area contributed by atoms with Crippen LogP contribution in [0.15, 0.2) is 22.9 Å². The van der Waals surface area contributed by atoms with E-state index in [2.05, 4.69) is 25.2 Å². The number of hydrogen-bond acceptors (Lipinski definition) is 7. The Morgan fingerprint density at radius 1 is 1.13 bits per heavy atom. The summed E-state index contributed by atoms with van der Waals surface area (Å²) in [5.41, 5.74) is -0.667. The van der Waals surface area contributed by atoms with E-state index in [-0.39, 0.29) is 23.8 Å². The Kier molecular flexibility index (Phi) is 6.61. The lowest BCUT2D eigenvalue weighted by atomic mass is 9.86. The van der Waals surface area contributed by atoms with Gasteiger partial charge in [0.05, 0.1) is 4.75 Å². The van der Waals surface area contributed by atoms with Crippen LogP contribution in [0.1, 0.15) is 52.1 Å². The van der Waals surface area contributed by atoms with E-state index in [0.717, 1.165) is 37.9 Å². The van der Waals surface area contributed by atoms with Gasteiger partial charge in [-0.05, 0) is 64.5 Å². The molecule has 2 aromatic rings. The fraction of sp³-hybridized carbons (Fsp3) is 0.632. The maximum absolute atomic E-state index is 12.6. The lowest BCUT2D eigenvalue weighted by molar-refractivity contribution is -0.141. The van der Waals surface area contributed by atoms with Crippen molar-refractivity contribution in [2.45, 2.75) is 63.4 Å². The van der Waals surface area contributed by atoms with Gasteiger partial charge in [0.15, 0.2) is 0 Å². The van der Waals surface area contributed by atoms with E-state index in [4.69, 9.17) is 4.52 Å². The molecule has 1 aliphatic carbocycles. The number of rotatable bonds is 6. The molecule has 12 heteroatoms. The largest absolute Gasteiger partial charge is 0.433 e. The molecule has 0 bridgehead atoms. The molecule has 2 heterocycles. The Balaban J connectivity index is 1.50. The third-order valence-corrected chi connectivity index (χ3v) is 7.44. The first-order chi connectivity index (χ1) is 14.3. The summed E-state index contributed by atoms with van der Waals surface area (Å²) in [4.78, 5) is 7.57. The van der Waals surface area contributed by atoms with Crippen molar-refractivity contribution >= 4 is 16.0 Å². The van der Waals surface area contributed by atoms with Gasteiger partial charge in [0.2, 0.25) is 15.8 Å². The topological polar surface area (TPSA) is 110 Å². The molecule has 1 fully saturated rings. The van der Waals surface area contributed by atoms with E-state index in [9.17, 15) is 21.6 Å². The van der Waals surface area contributed by atoms with Crippen LogP contribution in [0.5, 0.6) is 0 Å². The second-order valence-corrected chi connectivity index (χ2v) is 11.2. The van der Waals surface area contributed by atoms with Crippen molar-refractivity contribution in [3.05, 3.63) is 24.0 Å². The van der Waals surface area contributed by atoms with Gasteiger partial charge in [-0.3, -0.25) is 4.98 Å². The fourth-order valence-corrected chi connectivity index (χ4v) is 4.11. The first-order valence-electron chi connectivity index (χ1n) is 9.98. The van der Waals surface area contributed by atoms with Crippen molar-refractivity contribution in [2.24, 2.45) is 5.92 Å². The molecule has 0 saturated heterocycles. The maximum atomic E-state index is 12.6. The second-order valence-electron chi connectivity index (χ2n) is 8.68. The van der Waals surface area contributed by atoms with Crippen LogP contribution in [0.25, 0.3) is 11.4 Å². The summed E-state index contributed by atoms with van der Waals surface area (Å²) < 4.78 is 69.2. The number of anilines is 1. The number of hydrogen-bond donors (Lipinski definition) is 2. The number of alkyl halides is 3. The summed E-state index contributed by atoms with van der Waals surface area (Å²) >= 11 is 0. The molecule has 0 aromatic carbocycles. The Morgan fingerprint density at radius 2 is 1.81 bits per heavy atom. The normalized spacial score (nSPS) is 20.6. The lowest BCUT2D eigenvalue weighted by Gasteiger charge is -2.29. The zero-order valence-electron chi connectivity index (χ0n) is 17.5. The maximum Gasteiger partial charge on any atom is 0.433 e. The van der Waals surface area contributed by atoms with Gasteiger partial charge >= 0.3 is 12.2 Å². The van der Waals surface area contributed by atoms with Gasteiger partial charge < -0.3 is 9.84 Å². The van der Waals surface area contributed by atoms with Crippen molar-refractivity contribution in [1.82, 2.24) is 19.8 Å². The van der Waals surface area contributed by atoms with Crippen molar-refractivity contribution < 1.29 is 26.1 Å². The van der Waals surface area contributed by atoms with E-state index in [0.29, 0.717) is 12.1 Å². The second kappa shape index (κ2) is 8.73. The number of nitrogens with zero attached hydrogens (tertiary/aromatic N) is 3. The Hall–Kier alpha value is -2.21. The summed E-state index contributed by atoms with van der Waals surface area (Å²) in [7, 11) is -3.36. The van der Waals surface area contributed by atoms with E-state index in [1.807, 2.05) is 0 Å². The van der Waals surface area contributed by atoms with Gasteiger partial charge in [0.1, 0.15) is 5.69 Å². The van der Waals surface area contributed by atoms with Crippen LogP contribution < -0.4 is 10.0 Å². The predicted octanol–water partition coefficient (Wildman–Crippen LogP) is 3.84. The minimum Gasteiger partial charge on any atom is -0.335 e. The quantitative estimate of drug-likeness (QED) is 0.673. The smallest absolute Gasteiger partial charge is 0.335 e. The lowest BCUT2D eigenvalue weighted by Crippen LogP contribution is -2.42. The number of sulfonamides is 1. The molecule has 0 atom stereocenters. The summed E-state index contributed by atoms with van der Waals surface area (Å²) in [6, 6.07) is 2.39. The van der Waals surface area contributed by atoms with E-state index in [1.54, 1.807) is 20.8 Å². The van der Waals surface area contributed by atoms with Crippen molar-refractivity contribution in [3.8, 4) is 11.4 Å². The van der Waals surface area contributed by atoms with Crippen LogP contribution in [0.4, 0.5) is 19.2 Å². The third kappa shape index (κ3) is 5.94. The number of aromatic nitrogens is 3.